The number of benzene rings is 2. The summed E-state index contributed by atoms with van der Waals surface area (Å²) in [6, 6.07) is 12.8. The van der Waals surface area contributed by atoms with Gasteiger partial charge in [-0.3, -0.25) is 4.79 Å². The fraction of sp³-hybridized carbons (Fsp3) is 0.391. The van der Waals surface area contributed by atoms with Gasteiger partial charge < -0.3 is 9.30 Å². The molecule has 0 atom stereocenters. The largest absolute Gasteiger partial charge is 0.461 e. The fourth-order valence-electron chi connectivity index (χ4n) is 3.46. The summed E-state index contributed by atoms with van der Waals surface area (Å²) in [6.07, 6.45) is 0.615. The molecule has 3 aromatic rings. The molecule has 166 valence electrons. The third-order valence-corrected chi connectivity index (χ3v) is 7.41. The van der Waals surface area contributed by atoms with Crippen LogP contribution < -0.4 is 0 Å². The van der Waals surface area contributed by atoms with Gasteiger partial charge in [-0.1, -0.05) is 43.7 Å². The molecular weight excluding hydrogens is 414 g/mol. The summed E-state index contributed by atoms with van der Waals surface area (Å²) in [7, 11) is -1.69. The molecule has 0 fully saturated rings. The number of ether oxygens (including phenoxy) is 1. The van der Waals surface area contributed by atoms with Gasteiger partial charge in [0.15, 0.2) is 0 Å². The predicted molar refractivity (Wildman–Crippen MR) is 120 cm³/mol. The fourth-order valence-corrected chi connectivity index (χ4v) is 4.94. The molecule has 1 aromatic heterocycles. The molecule has 8 heteroatoms. The maximum atomic E-state index is 12.8. The van der Waals surface area contributed by atoms with Crippen molar-refractivity contribution in [2.75, 3.05) is 13.1 Å². The van der Waals surface area contributed by atoms with Crippen molar-refractivity contribution in [1.29, 1.82) is 0 Å². The molecule has 3 rings (SSSR count). The summed E-state index contributed by atoms with van der Waals surface area (Å²) in [5, 5.41) is 0. The van der Waals surface area contributed by atoms with Crippen LogP contribution in [0.2, 0.25) is 0 Å². The molecule has 0 aliphatic rings. The van der Waals surface area contributed by atoms with E-state index in [9.17, 15) is 13.2 Å². The molecule has 7 nitrogen and oxygen atoms in total. The molecule has 0 bridgehead atoms. The monoisotopic (exact) mass is 443 g/mol. The smallest absolute Gasteiger partial charge is 0.306 e. The lowest BCUT2D eigenvalue weighted by molar-refractivity contribution is -0.144. The Kier molecular flexibility index (Phi) is 7.12. The highest BCUT2D eigenvalue weighted by Crippen LogP contribution is 2.23. The van der Waals surface area contributed by atoms with Crippen molar-refractivity contribution in [3.8, 4) is 0 Å². The molecule has 0 radical (unpaired) electrons. The maximum absolute atomic E-state index is 12.8. The average Bonchev–Trinajstić information content (AvgIpc) is 3.07. The predicted octanol–water partition coefficient (Wildman–Crippen LogP) is 3.59. The maximum Gasteiger partial charge on any atom is 0.306 e. The van der Waals surface area contributed by atoms with Crippen molar-refractivity contribution in [2.24, 2.45) is 7.05 Å². The van der Waals surface area contributed by atoms with Gasteiger partial charge in [0.1, 0.15) is 12.4 Å². The number of sulfonamides is 1. The van der Waals surface area contributed by atoms with E-state index in [4.69, 9.17) is 4.74 Å². The van der Waals surface area contributed by atoms with Crippen LogP contribution in [0.25, 0.3) is 11.0 Å². The number of hydrogen-bond acceptors (Lipinski definition) is 5. The van der Waals surface area contributed by atoms with Gasteiger partial charge in [0.2, 0.25) is 10.0 Å². The number of esters is 1. The molecule has 2 aromatic carbocycles. The van der Waals surface area contributed by atoms with Crippen molar-refractivity contribution in [3.05, 3.63) is 59.4 Å². The summed E-state index contributed by atoms with van der Waals surface area (Å²) in [5.74, 6) is 0.414. The van der Waals surface area contributed by atoms with Crippen LogP contribution in [0.4, 0.5) is 0 Å². The van der Waals surface area contributed by atoms with Crippen molar-refractivity contribution in [1.82, 2.24) is 13.9 Å². The van der Waals surface area contributed by atoms with Crippen LogP contribution in [-0.4, -0.2) is 41.3 Å². The zero-order valence-corrected chi connectivity index (χ0v) is 19.3. The summed E-state index contributed by atoms with van der Waals surface area (Å²) in [6.45, 7) is 6.71. The molecule has 0 saturated heterocycles. The SMILES string of the molecule is CCN(CC)S(=O)(=O)c1ccc2c(c1)nc(CCC(=O)OCc1ccc(C)cc1)n2C. The summed E-state index contributed by atoms with van der Waals surface area (Å²) in [4.78, 5) is 17.0. The number of imidazole rings is 1. The number of aromatic nitrogens is 2. The number of hydrogen-bond donors (Lipinski definition) is 0. The van der Waals surface area contributed by atoms with Crippen LogP contribution in [0.3, 0.4) is 0 Å². The Morgan fingerprint density at radius 2 is 1.77 bits per heavy atom. The second kappa shape index (κ2) is 9.62. The third-order valence-electron chi connectivity index (χ3n) is 5.36. The molecule has 0 saturated carbocycles. The summed E-state index contributed by atoms with van der Waals surface area (Å²) < 4.78 is 34.2. The highest BCUT2D eigenvalue weighted by atomic mass is 32.2. The van der Waals surface area contributed by atoms with Crippen molar-refractivity contribution < 1.29 is 17.9 Å². The Morgan fingerprint density at radius 3 is 2.42 bits per heavy atom. The van der Waals surface area contributed by atoms with Crippen molar-refractivity contribution in [3.63, 3.8) is 0 Å². The summed E-state index contributed by atoms with van der Waals surface area (Å²) >= 11 is 0. The van der Waals surface area contributed by atoms with E-state index in [2.05, 4.69) is 4.98 Å². The topological polar surface area (TPSA) is 81.5 Å². The van der Waals surface area contributed by atoms with Crippen LogP contribution in [0, 0.1) is 6.92 Å². The first-order valence-corrected chi connectivity index (χ1v) is 11.9. The Morgan fingerprint density at radius 1 is 1.10 bits per heavy atom. The number of aryl methyl sites for hydroxylation is 3. The van der Waals surface area contributed by atoms with Crippen LogP contribution in [0.15, 0.2) is 47.4 Å². The molecule has 0 aliphatic carbocycles. The highest BCUT2D eigenvalue weighted by molar-refractivity contribution is 7.89. The first-order valence-electron chi connectivity index (χ1n) is 10.4. The van der Waals surface area contributed by atoms with E-state index in [0.29, 0.717) is 30.9 Å². The van der Waals surface area contributed by atoms with Gasteiger partial charge in [-0.25, -0.2) is 13.4 Å². The summed E-state index contributed by atoms with van der Waals surface area (Å²) in [5.41, 5.74) is 3.52. The normalized spacial score (nSPS) is 11.9. The minimum absolute atomic E-state index is 0.202. The number of fused-ring (bicyclic) bond motifs is 1. The number of carbonyl (C=O) groups excluding carboxylic acids is 1. The van der Waals surface area contributed by atoms with E-state index in [0.717, 1.165) is 16.6 Å². The van der Waals surface area contributed by atoms with Crippen LogP contribution in [0.1, 0.15) is 37.2 Å². The van der Waals surface area contributed by atoms with Crippen molar-refractivity contribution in [2.45, 2.75) is 45.1 Å². The molecule has 31 heavy (non-hydrogen) atoms. The quantitative estimate of drug-likeness (QED) is 0.472. The zero-order chi connectivity index (χ0) is 22.6. The van der Waals surface area contributed by atoms with Crippen LogP contribution >= 0.6 is 0 Å². The second-order valence-electron chi connectivity index (χ2n) is 7.47. The average molecular weight is 444 g/mol. The highest BCUT2D eigenvalue weighted by Gasteiger charge is 2.22. The molecule has 0 spiro atoms. The van der Waals surface area contributed by atoms with E-state index >= 15 is 0 Å². The minimum Gasteiger partial charge on any atom is -0.461 e. The molecule has 0 amide bonds. The van der Waals surface area contributed by atoms with Gasteiger partial charge in [0.05, 0.1) is 22.3 Å². The van der Waals surface area contributed by atoms with Crippen LogP contribution in [-0.2, 0) is 39.6 Å². The molecule has 0 aliphatic heterocycles. The van der Waals surface area contributed by atoms with Gasteiger partial charge in [0, 0.05) is 26.6 Å². The van der Waals surface area contributed by atoms with Gasteiger partial charge >= 0.3 is 5.97 Å². The van der Waals surface area contributed by atoms with Crippen molar-refractivity contribution >= 4 is 27.0 Å². The first kappa shape index (κ1) is 23.0. The molecule has 0 unspecified atom stereocenters. The molecule has 1 heterocycles. The Hall–Kier alpha value is -2.71. The van der Waals surface area contributed by atoms with E-state index in [1.54, 1.807) is 18.2 Å². The van der Waals surface area contributed by atoms with Gasteiger partial charge in [-0.15, -0.1) is 0 Å². The van der Waals surface area contributed by atoms with E-state index in [1.807, 2.05) is 56.7 Å². The van der Waals surface area contributed by atoms with E-state index < -0.39 is 10.0 Å². The molecule has 0 N–H and O–H groups in total. The second-order valence-corrected chi connectivity index (χ2v) is 9.41. The number of nitrogens with zero attached hydrogens (tertiary/aromatic N) is 3. The molecular formula is C23H29N3O4S. The Bertz CT molecular complexity index is 1160. The third kappa shape index (κ3) is 5.14. The number of rotatable bonds is 9. The number of carbonyl (C=O) groups is 1. The zero-order valence-electron chi connectivity index (χ0n) is 18.5. The lowest BCUT2D eigenvalue weighted by atomic mass is 10.2. The standard InChI is InChI=1S/C23H29N3O4S/c1-5-26(6-2)31(28,29)19-11-12-21-20(15-19)24-22(25(21)4)13-14-23(27)30-16-18-9-7-17(3)8-10-18/h7-12,15H,5-6,13-14,16H2,1-4H3. The lowest BCUT2D eigenvalue weighted by Gasteiger charge is -2.18. The van der Waals surface area contributed by atoms with Crippen LogP contribution in [0.5, 0.6) is 0 Å². The van der Waals surface area contributed by atoms with Gasteiger partial charge in [0.25, 0.3) is 0 Å². The minimum atomic E-state index is -3.55. The van der Waals surface area contributed by atoms with E-state index in [-0.39, 0.29) is 23.9 Å². The Labute approximate surface area is 183 Å². The first-order chi connectivity index (χ1) is 14.8. The lowest BCUT2D eigenvalue weighted by Crippen LogP contribution is -2.30. The van der Waals surface area contributed by atoms with Gasteiger partial charge in [-0.05, 0) is 30.7 Å². The van der Waals surface area contributed by atoms with E-state index in [1.165, 1.54) is 4.31 Å². The Balaban J connectivity index is 1.69. The van der Waals surface area contributed by atoms with Gasteiger partial charge in [-0.2, -0.15) is 4.31 Å².